The van der Waals surface area contributed by atoms with E-state index in [9.17, 15) is 14.4 Å². The minimum absolute atomic E-state index is 0.139. The standard InChI is InChI=1S/C22H28N2O5S/c1-5-29-18-11-16(14(2)10-17(18)28-4)12-19-21(26)24(22(27)30-19)13-20(25)23-9-7-6-8-15(23)3/h10-12,15H,5-9,13H2,1-4H3/b19-12-/t15-/m0/s1. The summed E-state index contributed by atoms with van der Waals surface area (Å²) in [6.07, 6.45) is 4.68. The highest BCUT2D eigenvalue weighted by molar-refractivity contribution is 8.18. The quantitative estimate of drug-likeness (QED) is 0.636. The van der Waals surface area contributed by atoms with Crippen molar-refractivity contribution in [3.05, 3.63) is 28.2 Å². The Morgan fingerprint density at radius 3 is 2.70 bits per heavy atom. The van der Waals surface area contributed by atoms with E-state index in [1.54, 1.807) is 24.2 Å². The molecule has 7 nitrogen and oxygen atoms in total. The van der Waals surface area contributed by atoms with E-state index in [1.165, 1.54) is 0 Å². The molecule has 0 spiro atoms. The first-order valence-corrected chi connectivity index (χ1v) is 11.0. The van der Waals surface area contributed by atoms with E-state index < -0.39 is 11.1 Å². The van der Waals surface area contributed by atoms with Crippen molar-refractivity contribution < 1.29 is 23.9 Å². The molecule has 30 heavy (non-hydrogen) atoms. The number of amides is 3. The maximum atomic E-state index is 12.9. The van der Waals surface area contributed by atoms with Gasteiger partial charge in [-0.15, -0.1) is 0 Å². The number of benzene rings is 1. The minimum Gasteiger partial charge on any atom is -0.493 e. The summed E-state index contributed by atoms with van der Waals surface area (Å²) in [6, 6.07) is 3.77. The zero-order chi connectivity index (χ0) is 21.8. The summed E-state index contributed by atoms with van der Waals surface area (Å²) in [6.45, 7) is 6.73. The van der Waals surface area contributed by atoms with Gasteiger partial charge >= 0.3 is 0 Å². The van der Waals surface area contributed by atoms with E-state index in [4.69, 9.17) is 9.47 Å². The van der Waals surface area contributed by atoms with Gasteiger partial charge in [-0.05, 0) is 81.1 Å². The van der Waals surface area contributed by atoms with Crippen LogP contribution >= 0.6 is 11.8 Å². The van der Waals surface area contributed by atoms with Crippen molar-refractivity contribution in [1.82, 2.24) is 9.80 Å². The number of piperidine rings is 1. The van der Waals surface area contributed by atoms with Gasteiger partial charge in [0.15, 0.2) is 11.5 Å². The van der Waals surface area contributed by atoms with Crippen LogP contribution in [0.25, 0.3) is 6.08 Å². The van der Waals surface area contributed by atoms with Gasteiger partial charge in [0.1, 0.15) is 6.54 Å². The van der Waals surface area contributed by atoms with E-state index in [2.05, 4.69) is 0 Å². The number of nitrogens with zero attached hydrogens (tertiary/aromatic N) is 2. The third kappa shape index (κ3) is 4.64. The van der Waals surface area contributed by atoms with Crippen LogP contribution in [0.1, 0.15) is 44.2 Å². The van der Waals surface area contributed by atoms with Gasteiger partial charge < -0.3 is 14.4 Å². The largest absolute Gasteiger partial charge is 0.493 e. The highest BCUT2D eigenvalue weighted by atomic mass is 32.2. The number of carbonyl (C=O) groups excluding carboxylic acids is 3. The Bertz CT molecular complexity index is 883. The Kier molecular flexibility index (Phi) is 7.07. The summed E-state index contributed by atoms with van der Waals surface area (Å²) in [7, 11) is 1.57. The molecule has 2 aliphatic heterocycles. The third-order valence-electron chi connectivity index (χ3n) is 5.43. The molecule has 0 aromatic heterocycles. The van der Waals surface area contributed by atoms with Gasteiger partial charge in [0.2, 0.25) is 5.91 Å². The van der Waals surface area contributed by atoms with Crippen molar-refractivity contribution in [2.24, 2.45) is 0 Å². The molecule has 0 bridgehead atoms. The van der Waals surface area contributed by atoms with Crippen LogP contribution in [0, 0.1) is 6.92 Å². The Morgan fingerprint density at radius 2 is 2.03 bits per heavy atom. The molecular weight excluding hydrogens is 404 g/mol. The van der Waals surface area contributed by atoms with Crippen LogP contribution in [0.4, 0.5) is 4.79 Å². The predicted molar refractivity (Wildman–Crippen MR) is 117 cm³/mol. The summed E-state index contributed by atoms with van der Waals surface area (Å²) >= 11 is 0.860. The Balaban J connectivity index is 1.79. The molecule has 1 aromatic carbocycles. The third-order valence-corrected chi connectivity index (χ3v) is 6.34. The Hall–Kier alpha value is -2.48. The number of hydrogen-bond donors (Lipinski definition) is 0. The molecule has 3 amide bonds. The molecule has 2 aliphatic rings. The monoisotopic (exact) mass is 432 g/mol. The van der Waals surface area contributed by atoms with Crippen molar-refractivity contribution in [1.29, 1.82) is 0 Å². The van der Waals surface area contributed by atoms with Crippen LogP contribution in [-0.4, -0.2) is 59.7 Å². The fourth-order valence-corrected chi connectivity index (χ4v) is 4.56. The number of carbonyl (C=O) groups is 3. The molecule has 0 saturated carbocycles. The maximum Gasteiger partial charge on any atom is 0.294 e. The number of imide groups is 1. The topological polar surface area (TPSA) is 76.2 Å². The normalized spacial score (nSPS) is 20.8. The lowest BCUT2D eigenvalue weighted by atomic mass is 10.0. The molecule has 2 fully saturated rings. The fraction of sp³-hybridized carbons (Fsp3) is 0.500. The smallest absolute Gasteiger partial charge is 0.294 e. The molecule has 2 saturated heterocycles. The number of thioether (sulfide) groups is 1. The van der Waals surface area contributed by atoms with Gasteiger partial charge in [-0.3, -0.25) is 19.3 Å². The molecule has 162 valence electrons. The summed E-state index contributed by atoms with van der Waals surface area (Å²) in [5.74, 6) is 0.576. The number of hydrogen-bond acceptors (Lipinski definition) is 6. The second-order valence-electron chi connectivity index (χ2n) is 7.49. The van der Waals surface area contributed by atoms with Gasteiger partial charge in [0, 0.05) is 12.6 Å². The van der Waals surface area contributed by atoms with Gasteiger partial charge in [0.05, 0.1) is 18.6 Å². The zero-order valence-corrected chi connectivity index (χ0v) is 18.7. The minimum atomic E-state index is -0.434. The van der Waals surface area contributed by atoms with Gasteiger partial charge in [-0.1, -0.05) is 0 Å². The van der Waals surface area contributed by atoms with Crippen molar-refractivity contribution in [3.63, 3.8) is 0 Å². The first-order chi connectivity index (χ1) is 14.3. The van der Waals surface area contributed by atoms with Crippen LogP contribution in [0.5, 0.6) is 11.5 Å². The molecule has 0 aliphatic carbocycles. The van der Waals surface area contributed by atoms with E-state index in [1.807, 2.05) is 26.8 Å². The van der Waals surface area contributed by atoms with Crippen LogP contribution in [-0.2, 0) is 9.59 Å². The lowest BCUT2D eigenvalue weighted by Gasteiger charge is -2.34. The van der Waals surface area contributed by atoms with E-state index in [0.717, 1.165) is 47.1 Å². The van der Waals surface area contributed by atoms with Crippen molar-refractivity contribution in [2.45, 2.75) is 46.1 Å². The Morgan fingerprint density at radius 1 is 1.27 bits per heavy atom. The average molecular weight is 433 g/mol. The summed E-state index contributed by atoms with van der Waals surface area (Å²) < 4.78 is 11.0. The SMILES string of the molecule is CCOc1cc(/C=C2\SC(=O)N(CC(=O)N3CCCC[C@@H]3C)C2=O)c(C)cc1OC. The molecule has 1 aromatic rings. The van der Waals surface area contributed by atoms with Crippen LogP contribution in [0.15, 0.2) is 17.0 Å². The van der Waals surface area contributed by atoms with Crippen molar-refractivity contribution >= 4 is 34.9 Å². The molecule has 1 atom stereocenters. The molecule has 0 radical (unpaired) electrons. The van der Waals surface area contributed by atoms with E-state index in [-0.39, 0.29) is 18.5 Å². The second-order valence-corrected chi connectivity index (χ2v) is 8.49. The Labute approximate surface area is 181 Å². The van der Waals surface area contributed by atoms with E-state index >= 15 is 0 Å². The van der Waals surface area contributed by atoms with Gasteiger partial charge in [-0.2, -0.15) is 0 Å². The van der Waals surface area contributed by atoms with Crippen LogP contribution < -0.4 is 9.47 Å². The lowest BCUT2D eigenvalue weighted by Crippen LogP contribution is -2.47. The first kappa shape index (κ1) is 22.2. The number of aryl methyl sites for hydroxylation is 1. The molecule has 3 rings (SSSR count). The van der Waals surface area contributed by atoms with Gasteiger partial charge in [-0.25, -0.2) is 0 Å². The fourth-order valence-electron chi connectivity index (χ4n) is 3.73. The number of ether oxygens (including phenoxy) is 2. The highest BCUT2D eigenvalue weighted by Crippen LogP contribution is 2.36. The lowest BCUT2D eigenvalue weighted by molar-refractivity contribution is -0.138. The summed E-state index contributed by atoms with van der Waals surface area (Å²) in [5, 5.41) is -0.416. The molecule has 8 heteroatoms. The number of methoxy groups -OCH3 is 1. The van der Waals surface area contributed by atoms with Crippen molar-refractivity contribution in [2.75, 3.05) is 26.8 Å². The zero-order valence-electron chi connectivity index (χ0n) is 17.9. The van der Waals surface area contributed by atoms with Crippen LogP contribution in [0.3, 0.4) is 0 Å². The number of rotatable bonds is 6. The maximum absolute atomic E-state index is 12.9. The molecular formula is C22H28N2O5S. The van der Waals surface area contributed by atoms with Crippen LogP contribution in [0.2, 0.25) is 0 Å². The second kappa shape index (κ2) is 9.55. The first-order valence-electron chi connectivity index (χ1n) is 10.2. The summed E-state index contributed by atoms with van der Waals surface area (Å²) in [4.78, 5) is 41.1. The van der Waals surface area contributed by atoms with E-state index in [0.29, 0.717) is 29.6 Å². The summed E-state index contributed by atoms with van der Waals surface area (Å²) in [5.41, 5.74) is 1.65. The van der Waals surface area contributed by atoms with Crippen molar-refractivity contribution in [3.8, 4) is 11.5 Å². The average Bonchev–Trinajstić information content (AvgIpc) is 2.98. The van der Waals surface area contributed by atoms with Gasteiger partial charge in [0.25, 0.3) is 11.1 Å². The predicted octanol–water partition coefficient (Wildman–Crippen LogP) is 3.84. The molecule has 0 unspecified atom stereocenters. The number of likely N-dealkylation sites (tertiary alicyclic amines) is 1. The highest BCUT2D eigenvalue weighted by Gasteiger charge is 2.38. The molecule has 2 heterocycles. The molecule has 0 N–H and O–H groups in total.